The molecule has 0 heteroatoms. The van der Waals surface area contributed by atoms with Crippen molar-refractivity contribution < 1.29 is 0 Å². The Hall–Kier alpha value is -1.82. The maximum atomic E-state index is 3.91. The van der Waals surface area contributed by atoms with Gasteiger partial charge in [0, 0.05) is 0 Å². The van der Waals surface area contributed by atoms with Crippen molar-refractivity contribution in [3.63, 3.8) is 0 Å². The number of aryl methyl sites for hydroxylation is 1. The van der Waals surface area contributed by atoms with E-state index in [1.165, 1.54) is 21.9 Å². The Labute approximate surface area is 116 Å². The van der Waals surface area contributed by atoms with Crippen molar-refractivity contribution in [3.8, 4) is 0 Å². The summed E-state index contributed by atoms with van der Waals surface area (Å²) in [6.45, 7) is 16.7. The van der Waals surface area contributed by atoms with Crippen molar-refractivity contribution >= 4 is 22.9 Å². The van der Waals surface area contributed by atoms with Gasteiger partial charge >= 0.3 is 0 Å². The Morgan fingerprint density at radius 3 is 1.89 bits per heavy atom. The highest BCUT2D eigenvalue weighted by molar-refractivity contribution is 5.93. The molecule has 0 fully saturated rings. The van der Waals surface area contributed by atoms with Crippen molar-refractivity contribution in [1.29, 1.82) is 0 Å². The number of benzene rings is 2. The summed E-state index contributed by atoms with van der Waals surface area (Å²) in [4.78, 5) is 0. The molecule has 0 saturated heterocycles. The molecule has 0 unspecified atom stereocenters. The van der Waals surface area contributed by atoms with Gasteiger partial charge < -0.3 is 0 Å². The lowest BCUT2D eigenvalue weighted by Crippen LogP contribution is -2.12. The molecule has 0 heterocycles. The average molecular weight is 250 g/mol. The van der Waals surface area contributed by atoms with Crippen molar-refractivity contribution in [2.75, 3.05) is 0 Å². The molecule has 0 bridgehead atoms. The zero-order valence-corrected chi connectivity index (χ0v) is 12.4. The molecule has 0 aliphatic rings. The normalized spacial score (nSPS) is 11.6. The van der Waals surface area contributed by atoms with Crippen molar-refractivity contribution in [3.05, 3.63) is 59.7 Å². The molecule has 0 aromatic heterocycles. The molecule has 98 valence electrons. The quantitative estimate of drug-likeness (QED) is 0.638. The Bertz CT molecular complexity index is 652. The van der Waals surface area contributed by atoms with Crippen LogP contribution in [0.1, 0.15) is 43.0 Å². The first-order chi connectivity index (χ1) is 8.88. The minimum atomic E-state index is 0.139. The van der Waals surface area contributed by atoms with Crippen LogP contribution >= 0.6 is 0 Å². The maximum Gasteiger partial charge on any atom is -0.0126 e. The fourth-order valence-electron chi connectivity index (χ4n) is 2.58. The van der Waals surface area contributed by atoms with E-state index in [9.17, 15) is 0 Å². The van der Waals surface area contributed by atoms with Crippen LogP contribution < -0.4 is 0 Å². The van der Waals surface area contributed by atoms with Crippen LogP contribution in [-0.4, -0.2) is 0 Å². The maximum absolute atomic E-state index is 3.91. The molecule has 19 heavy (non-hydrogen) atoms. The molecule has 0 aliphatic heterocycles. The second-order valence-corrected chi connectivity index (χ2v) is 6.11. The second kappa shape index (κ2) is 4.70. The van der Waals surface area contributed by atoms with E-state index in [2.05, 4.69) is 65.1 Å². The van der Waals surface area contributed by atoms with Gasteiger partial charge in [0.2, 0.25) is 0 Å². The van der Waals surface area contributed by atoms with Crippen LogP contribution in [0.25, 0.3) is 22.9 Å². The van der Waals surface area contributed by atoms with Crippen LogP contribution in [0.5, 0.6) is 0 Å². The third kappa shape index (κ3) is 2.35. The van der Waals surface area contributed by atoms with E-state index in [1.807, 2.05) is 12.2 Å². The van der Waals surface area contributed by atoms with Gasteiger partial charge in [-0.1, -0.05) is 58.2 Å². The molecule has 2 rings (SSSR count). The van der Waals surface area contributed by atoms with Gasteiger partial charge in [-0.3, -0.25) is 0 Å². The zero-order valence-electron chi connectivity index (χ0n) is 12.4. The van der Waals surface area contributed by atoms with E-state index in [0.717, 1.165) is 11.1 Å². The molecular weight excluding hydrogens is 228 g/mol. The first-order valence-corrected chi connectivity index (χ1v) is 6.71. The Morgan fingerprint density at radius 1 is 0.895 bits per heavy atom. The molecular formula is C19H22. The summed E-state index contributed by atoms with van der Waals surface area (Å²) in [5, 5.41) is 2.64. The Balaban J connectivity index is 2.93. The van der Waals surface area contributed by atoms with Gasteiger partial charge in [-0.2, -0.15) is 0 Å². The minimum absolute atomic E-state index is 0.139. The average Bonchev–Trinajstić information content (AvgIpc) is 2.36. The van der Waals surface area contributed by atoms with Crippen molar-refractivity contribution in [2.24, 2.45) is 0 Å². The van der Waals surface area contributed by atoms with Crippen LogP contribution in [0, 0.1) is 6.92 Å². The smallest absolute Gasteiger partial charge is 0.0126 e. The zero-order chi connectivity index (χ0) is 14.2. The van der Waals surface area contributed by atoms with Gasteiger partial charge in [-0.25, -0.2) is 0 Å². The van der Waals surface area contributed by atoms with Gasteiger partial charge in [0.05, 0.1) is 0 Å². The number of hydrogen-bond donors (Lipinski definition) is 0. The fraction of sp³-hybridized carbons (Fsp3) is 0.263. The van der Waals surface area contributed by atoms with Crippen LogP contribution in [0.15, 0.2) is 37.4 Å². The standard InChI is InChI=1S/C19H22/c1-7-14-11-16-13(3)9-10-18(19(4,5)6)17(16)12-15(14)8-2/h7-12H,1-2H2,3-6H3. The molecule has 0 radical (unpaired) electrons. The first kappa shape index (κ1) is 13.6. The fourth-order valence-corrected chi connectivity index (χ4v) is 2.58. The van der Waals surface area contributed by atoms with Crippen molar-refractivity contribution in [1.82, 2.24) is 0 Å². The molecule has 0 atom stereocenters. The number of hydrogen-bond acceptors (Lipinski definition) is 0. The summed E-state index contributed by atoms with van der Waals surface area (Å²) < 4.78 is 0. The van der Waals surface area contributed by atoms with Crippen LogP contribution in [0.4, 0.5) is 0 Å². The Morgan fingerprint density at radius 2 is 1.42 bits per heavy atom. The van der Waals surface area contributed by atoms with Crippen LogP contribution in [0.3, 0.4) is 0 Å². The molecule has 0 nitrogen and oxygen atoms in total. The van der Waals surface area contributed by atoms with Crippen LogP contribution in [0.2, 0.25) is 0 Å². The van der Waals surface area contributed by atoms with E-state index in [1.54, 1.807) is 0 Å². The van der Waals surface area contributed by atoms with E-state index >= 15 is 0 Å². The largest absolute Gasteiger partial charge is 0.0984 e. The lowest BCUT2D eigenvalue weighted by atomic mass is 9.82. The number of rotatable bonds is 2. The van der Waals surface area contributed by atoms with Gasteiger partial charge in [0.1, 0.15) is 0 Å². The summed E-state index contributed by atoms with van der Waals surface area (Å²) >= 11 is 0. The van der Waals surface area contributed by atoms with E-state index in [4.69, 9.17) is 0 Å². The predicted octanol–water partition coefficient (Wildman–Crippen LogP) is 5.73. The van der Waals surface area contributed by atoms with E-state index < -0.39 is 0 Å². The molecule has 0 amide bonds. The summed E-state index contributed by atoms with van der Waals surface area (Å²) in [5.41, 5.74) is 5.13. The van der Waals surface area contributed by atoms with E-state index in [-0.39, 0.29) is 5.41 Å². The monoisotopic (exact) mass is 250 g/mol. The summed E-state index contributed by atoms with van der Waals surface area (Å²) in [6, 6.07) is 8.93. The SMILES string of the molecule is C=Cc1cc2c(C)ccc(C(C)(C)C)c2cc1C=C. The lowest BCUT2D eigenvalue weighted by Gasteiger charge is -2.23. The molecule has 2 aromatic carbocycles. The van der Waals surface area contributed by atoms with Gasteiger partial charge in [-0.05, 0) is 57.5 Å². The van der Waals surface area contributed by atoms with Gasteiger partial charge in [0.25, 0.3) is 0 Å². The second-order valence-electron chi connectivity index (χ2n) is 6.11. The van der Waals surface area contributed by atoms with Gasteiger partial charge in [-0.15, -0.1) is 0 Å². The Kier molecular flexibility index (Phi) is 3.36. The van der Waals surface area contributed by atoms with Crippen LogP contribution in [-0.2, 0) is 5.41 Å². The molecule has 0 aliphatic carbocycles. The van der Waals surface area contributed by atoms with Gasteiger partial charge in [0.15, 0.2) is 0 Å². The van der Waals surface area contributed by atoms with Crippen molar-refractivity contribution in [2.45, 2.75) is 33.1 Å². The number of fused-ring (bicyclic) bond motifs is 1. The summed E-state index contributed by atoms with van der Waals surface area (Å²) in [6.07, 6.45) is 3.81. The highest BCUT2D eigenvalue weighted by Crippen LogP contribution is 2.34. The molecule has 0 spiro atoms. The minimum Gasteiger partial charge on any atom is -0.0984 e. The highest BCUT2D eigenvalue weighted by atomic mass is 14.2. The molecule has 2 aromatic rings. The first-order valence-electron chi connectivity index (χ1n) is 6.71. The topological polar surface area (TPSA) is 0 Å². The third-order valence-corrected chi connectivity index (χ3v) is 3.69. The highest BCUT2D eigenvalue weighted by Gasteiger charge is 2.18. The third-order valence-electron chi connectivity index (χ3n) is 3.69. The summed E-state index contributed by atoms with van der Waals surface area (Å²) in [5.74, 6) is 0. The summed E-state index contributed by atoms with van der Waals surface area (Å²) in [7, 11) is 0. The van der Waals surface area contributed by atoms with E-state index in [0.29, 0.717) is 0 Å². The molecule has 0 N–H and O–H groups in total. The lowest BCUT2D eigenvalue weighted by molar-refractivity contribution is 0.596. The predicted molar refractivity (Wildman–Crippen MR) is 87.6 cm³/mol. The molecule has 0 saturated carbocycles.